The Kier molecular flexibility index (Phi) is 35.2. The molecule has 0 unspecified atom stereocenters. The van der Waals surface area contributed by atoms with E-state index in [4.69, 9.17) is 5.73 Å². The van der Waals surface area contributed by atoms with E-state index in [1.54, 1.807) is 56.0 Å². The van der Waals surface area contributed by atoms with E-state index >= 15 is 19.2 Å². The van der Waals surface area contributed by atoms with Crippen molar-refractivity contribution in [1.29, 1.82) is 0 Å². The van der Waals surface area contributed by atoms with Crippen molar-refractivity contribution in [3.05, 3.63) is 107 Å². The van der Waals surface area contributed by atoms with Crippen LogP contribution in [0.5, 0.6) is 5.75 Å². The molecule has 0 aromatic heterocycles. The first-order chi connectivity index (χ1) is 47.7. The van der Waals surface area contributed by atoms with Gasteiger partial charge in [0.1, 0.15) is 36.0 Å². The Balaban J connectivity index is 0.0000184. The van der Waals surface area contributed by atoms with E-state index in [-0.39, 0.29) is 129 Å². The number of carbonyl (C=O) groups is 12. The minimum atomic E-state index is -1.90. The zero-order valence-electron chi connectivity index (χ0n) is 55.8. The van der Waals surface area contributed by atoms with Gasteiger partial charge in [0, 0.05) is 89.0 Å². The monoisotopic (exact) mass is 1500 g/mol. The number of hydrogen-bond donors (Lipinski definition) is 15. The summed E-state index contributed by atoms with van der Waals surface area (Å²) in [5.74, 6) is -14.6. The molecule has 101 heavy (non-hydrogen) atoms. The number of rotatable bonds is 26. The fourth-order valence-electron chi connectivity index (χ4n) is 11.6. The summed E-state index contributed by atoms with van der Waals surface area (Å²) in [5, 5.41) is 89.4. The van der Waals surface area contributed by atoms with Gasteiger partial charge in [-0.25, -0.2) is 4.79 Å². The molecule has 7 amide bonds. The van der Waals surface area contributed by atoms with Crippen molar-refractivity contribution in [3.8, 4) is 5.75 Å². The summed E-state index contributed by atoms with van der Waals surface area (Å²) in [6.45, 7) is 1.52. The van der Waals surface area contributed by atoms with Gasteiger partial charge in [0.2, 0.25) is 41.4 Å². The van der Waals surface area contributed by atoms with Crippen LogP contribution in [-0.2, 0) is 76.8 Å². The second kappa shape index (κ2) is 42.5. The first-order valence-electron chi connectivity index (χ1n) is 33.0. The van der Waals surface area contributed by atoms with Crippen molar-refractivity contribution in [3.63, 3.8) is 0 Å². The normalized spacial score (nSPS) is 22.1. The van der Waals surface area contributed by atoms with Gasteiger partial charge in [-0.2, -0.15) is 0 Å². The van der Waals surface area contributed by atoms with Crippen molar-refractivity contribution in [2.45, 2.75) is 120 Å². The van der Waals surface area contributed by atoms with Gasteiger partial charge in [0.05, 0.1) is 44.4 Å². The first-order valence-corrected chi connectivity index (χ1v) is 35.5. The van der Waals surface area contributed by atoms with E-state index in [0.717, 1.165) is 39.6 Å². The molecule has 6 rings (SSSR count). The third-order valence-corrected chi connectivity index (χ3v) is 19.5. The molecule has 552 valence electrons. The number of carboxylic acids is 4. The summed E-state index contributed by atoms with van der Waals surface area (Å²) >= 11 is 0. The number of carbonyl (C=O) groups excluding carboxylic acids is 8. The van der Waals surface area contributed by atoms with Gasteiger partial charge < -0.3 is 78.7 Å². The molecule has 0 radical (unpaired) electrons. The molecule has 10 atom stereocenters. The maximum absolute atomic E-state index is 15.4. The van der Waals surface area contributed by atoms with Crippen LogP contribution in [-0.4, -0.2) is 297 Å². The summed E-state index contributed by atoms with van der Waals surface area (Å²) in [4.78, 5) is 173. The molecular weight excluding hydrogens is 1410 g/mol. The fourth-order valence-corrected chi connectivity index (χ4v) is 14.0. The number of nitrogens with two attached hydrogens (primary N) is 1. The predicted octanol–water partition coefficient (Wildman–Crippen LogP) is -3.16. The van der Waals surface area contributed by atoms with Crippen LogP contribution < -0.4 is 43.0 Å². The molecule has 2 fully saturated rings. The molecule has 1 aliphatic carbocycles. The summed E-state index contributed by atoms with van der Waals surface area (Å²) in [5.41, 5.74) is 9.25. The number of nitrogens with zero attached hydrogens (tertiary/aromatic N) is 4. The third-order valence-electron chi connectivity index (χ3n) is 17.1. The molecule has 31 nitrogen and oxygen atoms in total. The molecule has 0 spiro atoms. The average molecular weight is 1500 g/mol. The number of aliphatic carboxylic acids is 4. The number of unbranched alkanes of at least 4 members (excludes halogenated alkanes) is 1. The average Bonchev–Trinajstić information content (AvgIpc) is 1.75. The second-order valence-corrected chi connectivity index (χ2v) is 27.6. The number of amides is 7. The number of ketones is 1. The second-order valence-electron chi connectivity index (χ2n) is 25.0. The van der Waals surface area contributed by atoms with Gasteiger partial charge in [-0.15, -0.1) is 0 Å². The van der Waals surface area contributed by atoms with E-state index in [0.29, 0.717) is 29.5 Å². The number of aliphatic hydroxyl groups excluding tert-OH is 2. The van der Waals surface area contributed by atoms with E-state index in [1.807, 2.05) is 24.3 Å². The van der Waals surface area contributed by atoms with Gasteiger partial charge >= 0.3 is 43.7 Å². The molecule has 3 aromatic carbocycles. The molecule has 0 bridgehead atoms. The van der Waals surface area contributed by atoms with Crippen molar-refractivity contribution in [1.82, 2.24) is 56.8 Å². The zero-order valence-corrected chi connectivity index (χ0v) is 57.5. The van der Waals surface area contributed by atoms with Crippen LogP contribution in [0.1, 0.15) is 68.2 Å². The molecule has 3 aliphatic rings. The number of aliphatic hydroxyl groups is 2. The Labute approximate surface area is 605 Å². The zero-order chi connectivity index (χ0) is 73.0. The molecule has 2 saturated heterocycles. The van der Waals surface area contributed by atoms with Crippen LogP contribution in [0.4, 0.5) is 0 Å². The number of hydrogen-bond acceptors (Lipinski definition) is 22. The van der Waals surface area contributed by atoms with Gasteiger partial charge in [-0.3, -0.25) is 72.3 Å². The number of phenolic OH excluding ortho intramolecular Hbond substituents is 1. The van der Waals surface area contributed by atoms with Gasteiger partial charge in [0.25, 0.3) is 0 Å². The Morgan fingerprint density at radius 1 is 0.614 bits per heavy atom. The number of phenols is 1. The Morgan fingerprint density at radius 2 is 1.16 bits per heavy atom. The van der Waals surface area contributed by atoms with Gasteiger partial charge in [0.15, 0.2) is 11.8 Å². The van der Waals surface area contributed by atoms with E-state index in [2.05, 4.69) is 37.2 Å². The number of fused-ring (bicyclic) bond motifs is 1. The number of Topliss-reactive ketones (excluding diaryl/α,β-unsaturated/α-hetero) is 1. The Bertz CT molecular complexity index is 3330. The Morgan fingerprint density at radius 3 is 1.71 bits per heavy atom. The van der Waals surface area contributed by atoms with Crippen LogP contribution in [0, 0.1) is 5.92 Å². The quantitative estimate of drug-likeness (QED) is 0.0214. The number of carboxylic acid groups (broad SMARTS) is 4. The van der Waals surface area contributed by atoms with Crippen molar-refractivity contribution < 1.29 is 93.3 Å². The topological polar surface area (TPSA) is 470 Å². The van der Waals surface area contributed by atoms with Gasteiger partial charge in [-0.1, -0.05) is 94.4 Å². The van der Waals surface area contributed by atoms with Crippen LogP contribution in [0.2, 0.25) is 0 Å². The van der Waals surface area contributed by atoms with Gasteiger partial charge in [-0.05, 0) is 92.5 Å². The number of aromatic hydroxyl groups is 1. The standard InChI is InChI=1S/C67H92N12O19S2.Ga.3H/c1-40(80)59-66(96)73-53(65(95)75-60(41(2)81)67(97)98)39-100-99-38-52(72-63(93)50(31-42-10-4-3-5-11-42)69-55(84)34-76-22-24-77(35-56(85)86)26-28-79(37-58(89)90)29-27-78(25-23-76)36-57(87)88)54(83)33-46(30-43-15-19-47(82)20-16-43)61(91)71-51(32-45-18-17-44-12-6-7-13-48(44)45)64(94)70-49(62(92)74-59)14-8-9-21-68;;;;/h3-7,10-13,15-16,18-20,40-41,46,49-53,59-60,80-82H,8-9,14,17,21-39,68H2,1-2H3,(H,69,84)(H,70,94)(H,71,91)(H,72,93)(H,73,96)(H,74,92)(H,75,95)(H,85,86)(H,87,88)(H,89,90)(H,97,98);;;;/t40-,41-,46-,49+,50-,51-,52+,53+,59+,60+;;;;/m1..../s1/i;1-2;;;. The number of nitrogens with one attached hydrogen (secondary N) is 7. The number of benzene rings is 3. The predicted molar refractivity (Wildman–Crippen MR) is 379 cm³/mol. The summed E-state index contributed by atoms with van der Waals surface area (Å²) in [7, 11) is 1.74. The summed E-state index contributed by atoms with van der Waals surface area (Å²) < 4.78 is 0. The molecule has 0 saturated carbocycles. The minimum absolute atomic E-state index is 0. The Hall–Kier alpha value is -7.90. The van der Waals surface area contributed by atoms with Crippen LogP contribution in [0.25, 0.3) is 5.57 Å². The fraction of sp³-hybridized carbons (Fsp3) is 0.522. The van der Waals surface area contributed by atoms with E-state index in [1.165, 1.54) is 31.2 Å². The van der Waals surface area contributed by atoms with Crippen LogP contribution in [0.3, 0.4) is 0 Å². The number of allylic oxidation sites excluding steroid dienone is 1. The molecule has 34 heteroatoms. The molecular formula is C67H95GaN12O19S2. The molecule has 2 heterocycles. The maximum atomic E-state index is 15.4. The van der Waals surface area contributed by atoms with Crippen LogP contribution >= 0.6 is 21.6 Å². The SMILES string of the molecule is C[C@@H](O)[C@H](NC(=O)[C@@H]1CSSC[C@H](NC(=O)[C@@H](Cc2ccccc2)NC(=O)CN2CCN(CC(=O)O)CCN(CC(=O)O)CCN(CC(=O)O)CC2)C(=O)C[C@@H](Cc2ccc(O)cc2)C(=O)N[C@H](CC2=CCc3ccccc32)C(=O)N[C@@H](CCCCN)C(=O)N[C@@H]([C@@H](C)O)C(=O)N1)C(=O)O.[68GaH3]. The van der Waals surface area contributed by atoms with E-state index < -0.39 is 163 Å². The van der Waals surface area contributed by atoms with Crippen molar-refractivity contribution in [2.24, 2.45) is 11.7 Å². The molecule has 3 aromatic rings. The van der Waals surface area contributed by atoms with Crippen molar-refractivity contribution >= 4 is 118 Å². The van der Waals surface area contributed by atoms with Crippen LogP contribution in [0.15, 0.2) is 84.9 Å². The summed E-state index contributed by atoms with van der Waals surface area (Å²) in [6, 6.07) is 10.4. The molecule has 2 aliphatic heterocycles. The summed E-state index contributed by atoms with van der Waals surface area (Å²) in [6.07, 6.45) is -1.48. The molecule has 16 N–H and O–H groups in total. The first kappa shape index (κ1) is 83.8. The van der Waals surface area contributed by atoms with Crippen molar-refractivity contribution in [2.75, 3.05) is 96.6 Å². The van der Waals surface area contributed by atoms with E-state index in [9.17, 15) is 74.1 Å². The third kappa shape index (κ3) is 28.5.